The van der Waals surface area contributed by atoms with Gasteiger partial charge >= 0.3 is 69.4 Å². The Morgan fingerprint density at radius 1 is 0.545 bits per heavy atom. The summed E-state index contributed by atoms with van der Waals surface area (Å²) in [6.45, 7) is 0. The third-order valence-corrected chi connectivity index (χ3v) is 6.87. The number of rotatable bonds is 5. The topological polar surface area (TPSA) is 46.2 Å². The van der Waals surface area contributed by atoms with Crippen LogP contribution < -0.4 is 0 Å². The van der Waals surface area contributed by atoms with E-state index in [1.165, 1.54) is 35.5 Å². The van der Waals surface area contributed by atoms with E-state index in [9.17, 15) is 0 Å². The molecule has 0 atom stereocenters. The van der Waals surface area contributed by atoms with Crippen LogP contribution in [0.2, 0.25) is 0 Å². The Hall–Kier alpha value is 0.514. The summed E-state index contributed by atoms with van der Waals surface area (Å²) in [5.41, 5.74) is 0. The minimum atomic E-state index is -4.36. The van der Waals surface area contributed by atoms with Crippen LogP contribution in [-0.2, 0) is 33.8 Å². The van der Waals surface area contributed by atoms with Crippen LogP contribution in [0.1, 0.15) is 0 Å². The first-order valence-corrected chi connectivity index (χ1v) is 6.25. The van der Waals surface area contributed by atoms with Crippen molar-refractivity contribution in [3.63, 3.8) is 0 Å². The molecule has 0 saturated heterocycles. The quantitative estimate of drug-likeness (QED) is 0.608. The van der Waals surface area contributed by atoms with E-state index in [0.29, 0.717) is 0 Å². The molecule has 0 N–H and O–H groups in total. The Balaban J connectivity index is 4.67. The summed E-state index contributed by atoms with van der Waals surface area (Å²) in [4.78, 5) is 0. The first-order valence-electron chi connectivity index (χ1n) is 3.06. The Morgan fingerprint density at radius 3 is 0.727 bits per heavy atom. The molecule has 11 heavy (non-hydrogen) atoms. The van der Waals surface area contributed by atoms with E-state index in [-0.39, 0.29) is 0 Å². The van der Waals surface area contributed by atoms with E-state index in [2.05, 4.69) is 0 Å². The molecule has 0 aliphatic carbocycles. The molecule has 0 aliphatic heterocycles. The summed E-state index contributed by atoms with van der Waals surface area (Å²) in [7, 11) is 7.14. The molecule has 69 valence electrons. The van der Waals surface area contributed by atoms with E-state index in [4.69, 9.17) is 16.6 Å². The Kier molecular flexibility index (Phi) is 4.14. The van der Waals surface area contributed by atoms with Gasteiger partial charge in [-0.1, -0.05) is 0 Å². The molecule has 0 amide bonds. The summed E-state index contributed by atoms with van der Waals surface area (Å²) in [6.07, 6.45) is 0. The van der Waals surface area contributed by atoms with Gasteiger partial charge in [0.1, 0.15) is 0 Å². The fourth-order valence-corrected chi connectivity index (χ4v) is 3.44. The normalized spacial score (nSPS) is 15.9. The summed E-state index contributed by atoms with van der Waals surface area (Å²) in [5, 5.41) is 0. The first kappa shape index (κ1) is 11.5. The molecule has 6 heteroatoms. The molecule has 5 nitrogen and oxygen atoms in total. The van der Waals surface area contributed by atoms with Crippen molar-refractivity contribution in [2.45, 2.75) is 0 Å². The molecule has 0 radical (unpaired) electrons. The van der Waals surface area contributed by atoms with Crippen molar-refractivity contribution >= 4 is 0 Å². The third-order valence-electron chi connectivity index (χ3n) is 1.67. The van der Waals surface area contributed by atoms with Crippen molar-refractivity contribution in [1.29, 1.82) is 0 Å². The molecular weight excluding hydrogens is 188 g/mol. The maximum absolute atomic E-state index is 5.03. The summed E-state index contributed by atoms with van der Waals surface area (Å²) < 4.78 is 25.1. The van der Waals surface area contributed by atoms with E-state index in [1.54, 1.807) is 0 Å². The molecular formula is C5H15O5Ti. The van der Waals surface area contributed by atoms with Crippen LogP contribution in [0.4, 0.5) is 0 Å². The Labute approximate surface area is 69.8 Å². The standard InChI is InChI=1S/5CH3O.Ti/c5*1-2;/h5*1H3;/q5*-1;+5. The summed E-state index contributed by atoms with van der Waals surface area (Å²) >= 11 is -4.36. The van der Waals surface area contributed by atoms with Crippen molar-refractivity contribution in [2.24, 2.45) is 0 Å². The molecule has 0 aromatic heterocycles. The minimum absolute atomic E-state index is 1.43. The molecule has 0 fully saturated rings. The summed E-state index contributed by atoms with van der Waals surface area (Å²) in [6, 6.07) is 0. The van der Waals surface area contributed by atoms with Gasteiger partial charge in [0, 0.05) is 0 Å². The molecule has 0 rings (SSSR count). The molecule has 0 aliphatic rings. The van der Waals surface area contributed by atoms with Crippen molar-refractivity contribution in [1.82, 2.24) is 0 Å². The zero-order valence-corrected chi connectivity index (χ0v) is 9.10. The van der Waals surface area contributed by atoms with Gasteiger partial charge in [0.15, 0.2) is 0 Å². The van der Waals surface area contributed by atoms with Crippen LogP contribution in [0.25, 0.3) is 0 Å². The van der Waals surface area contributed by atoms with E-state index in [1.807, 2.05) is 0 Å². The monoisotopic (exact) mass is 203 g/mol. The van der Waals surface area contributed by atoms with Crippen LogP contribution >= 0.6 is 0 Å². The van der Waals surface area contributed by atoms with Crippen LogP contribution in [0, 0.1) is 0 Å². The fourth-order valence-electron chi connectivity index (χ4n) is 0.833. The van der Waals surface area contributed by atoms with Gasteiger partial charge < -0.3 is 0 Å². The number of hydrogen-bond donors (Lipinski definition) is 0. The van der Waals surface area contributed by atoms with E-state index in [0.717, 1.165) is 0 Å². The van der Waals surface area contributed by atoms with Gasteiger partial charge in [-0.05, 0) is 0 Å². The van der Waals surface area contributed by atoms with Gasteiger partial charge in [0.2, 0.25) is 0 Å². The second kappa shape index (κ2) is 3.95. The van der Waals surface area contributed by atoms with Crippen LogP contribution in [-0.4, -0.2) is 35.5 Å². The molecule has 0 unspecified atom stereocenters. The molecule has 0 aromatic carbocycles. The average molecular weight is 203 g/mol. The fraction of sp³-hybridized carbons (Fsp3) is 1.00. The average Bonchev–Trinajstić information content (AvgIpc) is 2.12. The van der Waals surface area contributed by atoms with Gasteiger partial charge in [-0.3, -0.25) is 0 Å². The predicted octanol–water partition coefficient (Wildman–Crippen LogP) is 0.483. The van der Waals surface area contributed by atoms with Crippen molar-refractivity contribution < 1.29 is 33.8 Å². The molecule has 0 heterocycles. The van der Waals surface area contributed by atoms with Gasteiger partial charge in [0.25, 0.3) is 0 Å². The second-order valence-electron chi connectivity index (χ2n) is 1.85. The maximum atomic E-state index is 5.03. The zero-order valence-electron chi connectivity index (χ0n) is 7.54. The zero-order chi connectivity index (χ0) is 8.98. The van der Waals surface area contributed by atoms with E-state index >= 15 is 0 Å². The predicted molar refractivity (Wildman–Crippen MR) is 35.0 cm³/mol. The summed E-state index contributed by atoms with van der Waals surface area (Å²) in [5.74, 6) is 0. The van der Waals surface area contributed by atoms with Gasteiger partial charge in [-0.15, -0.1) is 0 Å². The van der Waals surface area contributed by atoms with Crippen LogP contribution in [0.3, 0.4) is 0 Å². The van der Waals surface area contributed by atoms with Crippen LogP contribution in [0.5, 0.6) is 0 Å². The van der Waals surface area contributed by atoms with Gasteiger partial charge in [-0.25, -0.2) is 0 Å². The van der Waals surface area contributed by atoms with Gasteiger partial charge in [-0.2, -0.15) is 0 Å². The Morgan fingerprint density at radius 2 is 0.727 bits per heavy atom. The second-order valence-corrected chi connectivity index (χ2v) is 7.64. The van der Waals surface area contributed by atoms with Crippen LogP contribution in [0.15, 0.2) is 0 Å². The van der Waals surface area contributed by atoms with Gasteiger partial charge in [0.05, 0.1) is 0 Å². The van der Waals surface area contributed by atoms with Crippen molar-refractivity contribution in [2.75, 3.05) is 35.5 Å². The number of hydrogen-bond acceptors (Lipinski definition) is 5. The molecule has 0 aromatic rings. The Bertz CT molecular complexity index is 87.2. The molecule has 0 bridgehead atoms. The van der Waals surface area contributed by atoms with Crippen molar-refractivity contribution in [3.8, 4) is 0 Å². The molecule has 0 saturated carbocycles. The SMILES string of the molecule is C[O][Ti]([O]C)([O]C)([O]C)[O]C. The van der Waals surface area contributed by atoms with E-state index < -0.39 is 17.2 Å². The van der Waals surface area contributed by atoms with Crippen molar-refractivity contribution in [3.05, 3.63) is 0 Å². The third kappa shape index (κ3) is 1.81. The first-order chi connectivity index (χ1) is 5.12. The molecule has 0 spiro atoms.